The normalized spacial score (nSPS) is 11.3. The molecule has 0 radical (unpaired) electrons. The van der Waals surface area contributed by atoms with E-state index in [1.165, 1.54) is 12.1 Å². The second kappa shape index (κ2) is 5.72. The quantitative estimate of drug-likeness (QED) is 0.799. The fraction of sp³-hybridized carbons (Fsp3) is 0.222. The Morgan fingerprint density at radius 1 is 1.18 bits per heavy atom. The molecule has 0 amide bonds. The number of aromatic nitrogens is 2. The molecule has 4 heteroatoms. The van der Waals surface area contributed by atoms with E-state index >= 15 is 0 Å². The van der Waals surface area contributed by atoms with E-state index in [4.69, 9.17) is 0 Å². The lowest BCUT2D eigenvalue weighted by molar-refractivity contribution is 0.626. The van der Waals surface area contributed by atoms with E-state index in [0.717, 1.165) is 11.1 Å². The summed E-state index contributed by atoms with van der Waals surface area (Å²) in [5, 5.41) is 0.592. The Labute approximate surface area is 127 Å². The highest BCUT2D eigenvalue weighted by atomic mass is 19.1. The fourth-order valence-electron chi connectivity index (χ4n) is 2.49. The molecule has 3 rings (SSSR count). The number of nitrogens with zero attached hydrogens (tertiary/aromatic N) is 1. The summed E-state index contributed by atoms with van der Waals surface area (Å²) in [6.45, 7) is 4.17. The largest absolute Gasteiger partial charge is 0.310 e. The van der Waals surface area contributed by atoms with Crippen LogP contribution in [-0.2, 0) is 6.42 Å². The smallest absolute Gasteiger partial charge is 0.258 e. The summed E-state index contributed by atoms with van der Waals surface area (Å²) in [6, 6.07) is 12.1. The highest BCUT2D eigenvalue weighted by Crippen LogP contribution is 2.18. The average Bonchev–Trinajstić information content (AvgIpc) is 2.47. The monoisotopic (exact) mass is 296 g/mol. The second-order valence-corrected chi connectivity index (χ2v) is 5.75. The third-order valence-electron chi connectivity index (χ3n) is 3.71. The molecule has 22 heavy (non-hydrogen) atoms. The molecule has 3 nitrogen and oxygen atoms in total. The van der Waals surface area contributed by atoms with Gasteiger partial charge in [-0.1, -0.05) is 32.0 Å². The molecule has 0 unspecified atom stereocenters. The molecule has 0 bridgehead atoms. The van der Waals surface area contributed by atoms with Crippen LogP contribution < -0.4 is 5.56 Å². The van der Waals surface area contributed by atoms with Crippen molar-refractivity contribution >= 4 is 10.9 Å². The van der Waals surface area contributed by atoms with Crippen LogP contribution in [0.15, 0.2) is 47.3 Å². The zero-order valence-corrected chi connectivity index (χ0v) is 12.6. The third kappa shape index (κ3) is 2.91. The van der Waals surface area contributed by atoms with Gasteiger partial charge < -0.3 is 4.98 Å². The number of halogens is 1. The minimum absolute atomic E-state index is 0.154. The van der Waals surface area contributed by atoms with Gasteiger partial charge in [-0.05, 0) is 41.3 Å². The Kier molecular flexibility index (Phi) is 3.75. The number of rotatable bonds is 3. The first-order valence-corrected chi connectivity index (χ1v) is 7.30. The molecule has 2 aromatic carbocycles. The number of benzene rings is 2. The first-order valence-electron chi connectivity index (χ1n) is 7.30. The van der Waals surface area contributed by atoms with Crippen LogP contribution in [0.3, 0.4) is 0 Å². The number of H-pyrrole nitrogens is 1. The number of hydrogen-bond donors (Lipinski definition) is 1. The zero-order valence-electron chi connectivity index (χ0n) is 12.6. The Morgan fingerprint density at radius 3 is 2.73 bits per heavy atom. The molecule has 1 N–H and O–H groups in total. The van der Waals surface area contributed by atoms with Crippen molar-refractivity contribution in [2.24, 2.45) is 0 Å². The van der Waals surface area contributed by atoms with Gasteiger partial charge in [0.2, 0.25) is 0 Å². The molecule has 0 saturated carbocycles. The van der Waals surface area contributed by atoms with Gasteiger partial charge in [0.15, 0.2) is 0 Å². The summed E-state index contributed by atoms with van der Waals surface area (Å²) in [6.07, 6.45) is 0.398. The van der Waals surface area contributed by atoms with Crippen molar-refractivity contribution in [3.05, 3.63) is 75.6 Å². The predicted octanol–water partition coefficient (Wildman–Crippen LogP) is 3.78. The molecule has 0 atom stereocenters. The molecule has 112 valence electrons. The van der Waals surface area contributed by atoms with Crippen LogP contribution >= 0.6 is 0 Å². The second-order valence-electron chi connectivity index (χ2n) is 5.75. The third-order valence-corrected chi connectivity index (χ3v) is 3.71. The lowest BCUT2D eigenvalue weighted by Gasteiger charge is -2.07. The van der Waals surface area contributed by atoms with E-state index in [0.29, 0.717) is 29.1 Å². The molecule has 0 aliphatic heterocycles. The summed E-state index contributed by atoms with van der Waals surface area (Å²) in [5.41, 5.74) is 2.40. The SMILES string of the molecule is CC(C)c1ccc2nc(Cc3cccc(F)c3)[nH]c(=O)c2c1. The maximum absolute atomic E-state index is 13.2. The average molecular weight is 296 g/mol. The van der Waals surface area contributed by atoms with Gasteiger partial charge >= 0.3 is 0 Å². The van der Waals surface area contributed by atoms with Crippen LogP contribution in [-0.4, -0.2) is 9.97 Å². The van der Waals surface area contributed by atoms with Crippen molar-refractivity contribution in [2.75, 3.05) is 0 Å². The maximum atomic E-state index is 13.2. The summed E-state index contributed by atoms with van der Waals surface area (Å²) in [7, 11) is 0. The molecule has 0 saturated heterocycles. The maximum Gasteiger partial charge on any atom is 0.258 e. The van der Waals surface area contributed by atoms with Crippen molar-refractivity contribution in [3.63, 3.8) is 0 Å². The van der Waals surface area contributed by atoms with Gasteiger partial charge in [0.1, 0.15) is 11.6 Å². The lowest BCUT2D eigenvalue weighted by Crippen LogP contribution is -2.12. The van der Waals surface area contributed by atoms with Crippen LogP contribution in [0, 0.1) is 5.82 Å². The van der Waals surface area contributed by atoms with Crippen LogP contribution in [0.25, 0.3) is 10.9 Å². The van der Waals surface area contributed by atoms with E-state index in [2.05, 4.69) is 23.8 Å². The molecule has 1 aromatic heterocycles. The molecular formula is C18H17FN2O. The Hall–Kier alpha value is -2.49. The van der Waals surface area contributed by atoms with Gasteiger partial charge in [-0.25, -0.2) is 9.37 Å². The summed E-state index contributed by atoms with van der Waals surface area (Å²) < 4.78 is 13.2. The molecule has 1 heterocycles. The fourth-order valence-corrected chi connectivity index (χ4v) is 2.49. The van der Waals surface area contributed by atoms with Crippen LogP contribution in [0.2, 0.25) is 0 Å². The molecular weight excluding hydrogens is 279 g/mol. The van der Waals surface area contributed by atoms with Crippen LogP contribution in [0.4, 0.5) is 4.39 Å². The van der Waals surface area contributed by atoms with E-state index < -0.39 is 0 Å². The number of aromatic amines is 1. The summed E-state index contributed by atoms with van der Waals surface area (Å²) in [5.74, 6) is 0.610. The van der Waals surface area contributed by atoms with Gasteiger partial charge in [-0.2, -0.15) is 0 Å². The minimum atomic E-state index is -0.290. The number of fused-ring (bicyclic) bond motifs is 1. The first-order chi connectivity index (χ1) is 10.5. The minimum Gasteiger partial charge on any atom is -0.310 e. The molecule has 0 aliphatic carbocycles. The van der Waals surface area contributed by atoms with E-state index in [1.807, 2.05) is 24.3 Å². The Balaban J connectivity index is 2.02. The molecule has 0 fully saturated rings. The van der Waals surface area contributed by atoms with Crippen molar-refractivity contribution in [3.8, 4) is 0 Å². The molecule has 3 aromatic rings. The van der Waals surface area contributed by atoms with Crippen LogP contribution in [0.1, 0.15) is 36.7 Å². The van der Waals surface area contributed by atoms with E-state index in [-0.39, 0.29) is 11.4 Å². The standard InChI is InChI=1S/C18H17FN2O/c1-11(2)13-6-7-16-15(10-13)18(22)21-17(20-16)9-12-4-3-5-14(19)8-12/h3-8,10-11H,9H2,1-2H3,(H,20,21,22). The summed E-state index contributed by atoms with van der Waals surface area (Å²) in [4.78, 5) is 19.5. The summed E-state index contributed by atoms with van der Waals surface area (Å²) >= 11 is 0. The van der Waals surface area contributed by atoms with Gasteiger partial charge in [0.05, 0.1) is 10.9 Å². The molecule has 0 spiro atoms. The topological polar surface area (TPSA) is 45.8 Å². The van der Waals surface area contributed by atoms with Crippen molar-refractivity contribution in [2.45, 2.75) is 26.2 Å². The Morgan fingerprint density at radius 2 is 2.00 bits per heavy atom. The van der Waals surface area contributed by atoms with Gasteiger partial charge in [-0.3, -0.25) is 4.79 Å². The zero-order chi connectivity index (χ0) is 15.7. The first kappa shape index (κ1) is 14.4. The van der Waals surface area contributed by atoms with E-state index in [9.17, 15) is 9.18 Å². The van der Waals surface area contributed by atoms with E-state index in [1.54, 1.807) is 6.07 Å². The van der Waals surface area contributed by atoms with Gasteiger partial charge in [-0.15, -0.1) is 0 Å². The Bertz CT molecular complexity index is 884. The van der Waals surface area contributed by atoms with Gasteiger partial charge in [0, 0.05) is 6.42 Å². The number of nitrogens with one attached hydrogen (secondary N) is 1. The van der Waals surface area contributed by atoms with Gasteiger partial charge in [0.25, 0.3) is 5.56 Å². The van der Waals surface area contributed by atoms with Crippen molar-refractivity contribution in [1.29, 1.82) is 0 Å². The van der Waals surface area contributed by atoms with Crippen LogP contribution in [0.5, 0.6) is 0 Å². The van der Waals surface area contributed by atoms with Crippen molar-refractivity contribution < 1.29 is 4.39 Å². The molecule has 0 aliphatic rings. The number of hydrogen-bond acceptors (Lipinski definition) is 2. The highest BCUT2D eigenvalue weighted by Gasteiger charge is 2.08. The highest BCUT2D eigenvalue weighted by molar-refractivity contribution is 5.78. The predicted molar refractivity (Wildman–Crippen MR) is 85.7 cm³/mol. The van der Waals surface area contributed by atoms with Crippen molar-refractivity contribution in [1.82, 2.24) is 9.97 Å². The lowest BCUT2D eigenvalue weighted by atomic mass is 10.0.